The molecule has 0 amide bonds. The maximum Gasteiger partial charge on any atom is 0.302 e. The second-order valence-electron chi connectivity index (χ2n) is 11.6. The smallest absolute Gasteiger partial charge is 0.302 e. The molecule has 0 aromatic carbocycles. The molecule has 32 heavy (non-hydrogen) atoms. The SMILES string of the molecule is CC(=O)OCC1=C[C@H]([C@@H]2[C@@]3(C)CCCC(C)(C)[C@@H]3C=C[C@@]2(C)O)O[C@@H]2C=C(C)C(=O)C[C@H]12. The number of allylic oxidation sites excluding steroid dienone is 2. The Morgan fingerprint density at radius 3 is 2.59 bits per heavy atom. The summed E-state index contributed by atoms with van der Waals surface area (Å²) in [4.78, 5) is 24.0. The summed E-state index contributed by atoms with van der Waals surface area (Å²) in [5, 5.41) is 11.6. The van der Waals surface area contributed by atoms with Crippen LogP contribution in [0.1, 0.15) is 67.2 Å². The first-order chi connectivity index (χ1) is 14.8. The van der Waals surface area contributed by atoms with Gasteiger partial charge in [-0.05, 0) is 60.7 Å². The highest BCUT2D eigenvalue weighted by molar-refractivity contribution is 5.96. The third-order valence-corrected chi connectivity index (χ3v) is 8.65. The van der Waals surface area contributed by atoms with Crippen molar-refractivity contribution >= 4 is 11.8 Å². The van der Waals surface area contributed by atoms with E-state index >= 15 is 0 Å². The van der Waals surface area contributed by atoms with Crippen LogP contribution in [0.5, 0.6) is 0 Å². The van der Waals surface area contributed by atoms with Gasteiger partial charge in [-0.3, -0.25) is 9.59 Å². The largest absolute Gasteiger partial charge is 0.461 e. The van der Waals surface area contributed by atoms with E-state index in [1.54, 1.807) is 0 Å². The summed E-state index contributed by atoms with van der Waals surface area (Å²) in [6.45, 7) is 12.2. The normalized spacial score (nSPS) is 43.0. The van der Waals surface area contributed by atoms with Gasteiger partial charge in [0.25, 0.3) is 0 Å². The van der Waals surface area contributed by atoms with E-state index in [0.717, 1.165) is 24.0 Å². The Hall–Kier alpha value is -1.72. The fourth-order valence-electron chi connectivity index (χ4n) is 7.21. The molecule has 1 saturated carbocycles. The van der Waals surface area contributed by atoms with Crippen molar-refractivity contribution in [1.82, 2.24) is 0 Å². The summed E-state index contributed by atoms with van der Waals surface area (Å²) in [7, 11) is 0. The number of Topliss-reactive ketones (excluding diaryl/α,β-unsaturated/α-hetero) is 1. The molecule has 0 bridgehead atoms. The second-order valence-corrected chi connectivity index (χ2v) is 11.6. The topological polar surface area (TPSA) is 72.8 Å². The summed E-state index contributed by atoms with van der Waals surface area (Å²) in [5.41, 5.74) is 0.635. The van der Waals surface area contributed by atoms with Crippen LogP contribution in [0.3, 0.4) is 0 Å². The average molecular weight is 443 g/mol. The summed E-state index contributed by atoms with van der Waals surface area (Å²) in [6.07, 6.45) is 11.3. The van der Waals surface area contributed by atoms with Crippen molar-refractivity contribution in [3.63, 3.8) is 0 Å². The van der Waals surface area contributed by atoms with Crippen LogP contribution in [-0.2, 0) is 19.1 Å². The number of carbonyl (C=O) groups excluding carboxylic acids is 2. The number of ketones is 1. The number of carbonyl (C=O) groups is 2. The molecular weight excluding hydrogens is 404 g/mol. The Morgan fingerprint density at radius 1 is 1.19 bits per heavy atom. The zero-order chi connectivity index (χ0) is 23.5. The van der Waals surface area contributed by atoms with Crippen LogP contribution in [0, 0.1) is 28.6 Å². The first-order valence-electron chi connectivity index (χ1n) is 12.0. The van der Waals surface area contributed by atoms with Gasteiger partial charge < -0.3 is 14.6 Å². The highest BCUT2D eigenvalue weighted by Crippen LogP contribution is 2.61. The van der Waals surface area contributed by atoms with Gasteiger partial charge in [0, 0.05) is 25.2 Å². The molecule has 3 aliphatic carbocycles. The maximum absolute atomic E-state index is 12.4. The highest BCUT2D eigenvalue weighted by Gasteiger charge is 2.59. The van der Waals surface area contributed by atoms with Crippen molar-refractivity contribution in [3.8, 4) is 0 Å². The van der Waals surface area contributed by atoms with E-state index in [1.165, 1.54) is 13.3 Å². The van der Waals surface area contributed by atoms with Crippen LogP contribution < -0.4 is 0 Å². The second kappa shape index (κ2) is 7.95. The molecule has 1 aliphatic heterocycles. The molecule has 4 rings (SSSR count). The Kier molecular flexibility index (Phi) is 5.82. The van der Waals surface area contributed by atoms with Crippen LogP contribution in [-0.4, -0.2) is 41.3 Å². The molecule has 5 nitrogen and oxygen atoms in total. The third kappa shape index (κ3) is 3.92. The molecule has 1 fully saturated rings. The minimum absolute atomic E-state index is 0.107. The Balaban J connectivity index is 1.77. The van der Waals surface area contributed by atoms with Gasteiger partial charge in [0.2, 0.25) is 0 Å². The number of hydrogen-bond acceptors (Lipinski definition) is 5. The molecule has 1 heterocycles. The lowest BCUT2D eigenvalue weighted by Gasteiger charge is -2.60. The number of ether oxygens (including phenoxy) is 2. The number of fused-ring (bicyclic) bond motifs is 2. The van der Waals surface area contributed by atoms with E-state index in [9.17, 15) is 14.7 Å². The van der Waals surface area contributed by atoms with Gasteiger partial charge in [-0.1, -0.05) is 45.4 Å². The minimum Gasteiger partial charge on any atom is -0.461 e. The first kappa shape index (κ1) is 23.4. The minimum atomic E-state index is -1.03. The Morgan fingerprint density at radius 2 is 1.91 bits per heavy atom. The van der Waals surface area contributed by atoms with Crippen molar-refractivity contribution in [2.45, 2.75) is 85.0 Å². The molecule has 0 radical (unpaired) electrons. The van der Waals surface area contributed by atoms with E-state index in [0.29, 0.717) is 12.3 Å². The van der Waals surface area contributed by atoms with Gasteiger partial charge in [-0.2, -0.15) is 0 Å². The van der Waals surface area contributed by atoms with Crippen molar-refractivity contribution < 1.29 is 24.2 Å². The first-order valence-corrected chi connectivity index (χ1v) is 12.0. The van der Waals surface area contributed by atoms with Crippen LogP contribution in [0.25, 0.3) is 0 Å². The quantitative estimate of drug-likeness (QED) is 0.513. The molecule has 0 spiro atoms. The summed E-state index contributed by atoms with van der Waals surface area (Å²) in [5.74, 6) is -0.170. The molecule has 0 saturated heterocycles. The Bertz CT molecular complexity index is 892. The number of hydrogen-bond donors (Lipinski definition) is 1. The molecule has 7 atom stereocenters. The van der Waals surface area contributed by atoms with E-state index in [-0.39, 0.29) is 53.2 Å². The van der Waals surface area contributed by atoms with Crippen LogP contribution in [0.4, 0.5) is 0 Å². The predicted molar refractivity (Wildman–Crippen MR) is 123 cm³/mol. The van der Waals surface area contributed by atoms with E-state index in [2.05, 4.69) is 26.8 Å². The molecule has 1 N–H and O–H groups in total. The van der Waals surface area contributed by atoms with Crippen molar-refractivity contribution in [2.24, 2.45) is 28.6 Å². The van der Waals surface area contributed by atoms with Crippen LogP contribution in [0.2, 0.25) is 0 Å². The maximum atomic E-state index is 12.4. The lowest BCUT2D eigenvalue weighted by atomic mass is 9.47. The number of aliphatic hydroxyl groups is 1. The van der Waals surface area contributed by atoms with Gasteiger partial charge in [0.05, 0.1) is 17.8 Å². The van der Waals surface area contributed by atoms with Gasteiger partial charge in [-0.25, -0.2) is 0 Å². The lowest BCUT2D eigenvalue weighted by Crippen LogP contribution is -2.60. The standard InChI is InChI=1S/C27H38O5/c1-16-12-21-19(14-20(16)29)18(15-31-17(2)28)13-22(32-21)24-26(5)10-7-9-25(3,4)23(26)8-11-27(24,6)30/h8,11-13,19,21-24,30H,7,9-10,14-15H2,1-6H3/t19-,21-,22-,23+,24-,26+,27-/m1/s1. The van der Waals surface area contributed by atoms with Crippen molar-refractivity contribution in [1.29, 1.82) is 0 Å². The predicted octanol–water partition coefficient (Wildman–Crippen LogP) is 4.55. The number of rotatable bonds is 3. The van der Waals surface area contributed by atoms with E-state index in [4.69, 9.17) is 9.47 Å². The molecule has 0 unspecified atom stereocenters. The Labute approximate surface area is 191 Å². The third-order valence-electron chi connectivity index (χ3n) is 8.65. The van der Waals surface area contributed by atoms with E-state index < -0.39 is 5.60 Å². The monoisotopic (exact) mass is 442 g/mol. The lowest BCUT2D eigenvalue weighted by molar-refractivity contribution is -0.165. The zero-order valence-electron chi connectivity index (χ0n) is 20.3. The fourth-order valence-corrected chi connectivity index (χ4v) is 7.21. The van der Waals surface area contributed by atoms with Crippen LogP contribution in [0.15, 0.2) is 35.5 Å². The molecule has 0 aromatic heterocycles. The van der Waals surface area contributed by atoms with Crippen LogP contribution >= 0.6 is 0 Å². The van der Waals surface area contributed by atoms with Gasteiger partial charge in [0.1, 0.15) is 6.61 Å². The van der Waals surface area contributed by atoms with Gasteiger partial charge in [0.15, 0.2) is 5.78 Å². The number of esters is 1. The van der Waals surface area contributed by atoms with Crippen molar-refractivity contribution in [3.05, 3.63) is 35.5 Å². The van der Waals surface area contributed by atoms with Gasteiger partial charge >= 0.3 is 5.97 Å². The summed E-state index contributed by atoms with van der Waals surface area (Å²) in [6, 6.07) is 0. The molecule has 0 aromatic rings. The van der Waals surface area contributed by atoms with Gasteiger partial charge in [-0.15, -0.1) is 0 Å². The summed E-state index contributed by atoms with van der Waals surface area (Å²) >= 11 is 0. The molecular formula is C27H38O5. The molecule has 5 heteroatoms. The fraction of sp³-hybridized carbons (Fsp3) is 0.704. The average Bonchev–Trinajstić information content (AvgIpc) is 2.65. The molecule has 4 aliphatic rings. The highest BCUT2D eigenvalue weighted by atomic mass is 16.5. The zero-order valence-corrected chi connectivity index (χ0v) is 20.3. The van der Waals surface area contributed by atoms with Crippen molar-refractivity contribution in [2.75, 3.05) is 6.61 Å². The molecule has 176 valence electrons. The summed E-state index contributed by atoms with van der Waals surface area (Å²) < 4.78 is 12.0. The van der Waals surface area contributed by atoms with E-state index in [1.807, 2.05) is 32.1 Å².